The molecule has 0 aromatic carbocycles. The molecule has 2 fully saturated rings. The highest BCUT2D eigenvalue weighted by Crippen LogP contribution is 2.49. The number of halogens is 1. The van der Waals surface area contributed by atoms with Gasteiger partial charge in [0.05, 0.1) is 31.3 Å². The Hall–Kier alpha value is -0.769. The molecule has 0 unspecified atom stereocenters. The maximum absolute atomic E-state index is 17.0. The number of ether oxygens (including phenoxy) is 1. The topological polar surface area (TPSA) is 54.0 Å². The number of hydrogen-bond donors (Lipinski definition) is 0. The van der Waals surface area contributed by atoms with Gasteiger partial charge < -0.3 is 18.0 Å². The Morgan fingerprint density at radius 3 is 1.80 bits per heavy atom. The van der Waals surface area contributed by atoms with E-state index < -0.39 is 37.0 Å². The third-order valence-electron chi connectivity index (χ3n) is 12.9. The number of carbonyl (C=O) groups is 1. The van der Waals surface area contributed by atoms with Crippen molar-refractivity contribution in [2.24, 2.45) is 29.6 Å². The molecule has 0 N–H and O–H groups in total. The van der Waals surface area contributed by atoms with Crippen LogP contribution in [0.4, 0.5) is 4.39 Å². The number of hydrogen-bond acceptors (Lipinski definition) is 5. The van der Waals surface area contributed by atoms with Crippen molar-refractivity contribution in [1.82, 2.24) is 0 Å². The van der Waals surface area contributed by atoms with Gasteiger partial charge in [-0.2, -0.15) is 0 Å². The number of methoxy groups -OCH3 is 1. The summed E-state index contributed by atoms with van der Waals surface area (Å²) in [7, 11) is -5.14. The van der Waals surface area contributed by atoms with Gasteiger partial charge in [-0.25, -0.2) is 4.39 Å². The zero-order valence-corrected chi connectivity index (χ0v) is 38.5. The largest absolute Gasteiger partial charge is 0.469 e. The quantitative estimate of drug-likeness (QED) is 0.0765. The summed E-state index contributed by atoms with van der Waals surface area (Å²) >= 11 is 0. The van der Waals surface area contributed by atoms with E-state index in [1.165, 1.54) is 7.11 Å². The highest BCUT2D eigenvalue weighted by Gasteiger charge is 2.53. The molecule has 0 aromatic rings. The Labute approximate surface area is 311 Å². The molecule has 0 saturated heterocycles. The minimum atomic E-state index is -2.26. The molecule has 5 nitrogen and oxygen atoms in total. The summed E-state index contributed by atoms with van der Waals surface area (Å²) < 4.78 is 43.4. The van der Waals surface area contributed by atoms with E-state index >= 15 is 4.39 Å². The lowest BCUT2D eigenvalue weighted by Gasteiger charge is -2.40. The smallest absolute Gasteiger partial charge is 0.308 e. The molecule has 0 spiro atoms. The van der Waals surface area contributed by atoms with Crippen LogP contribution in [0.15, 0.2) is 12.2 Å². The lowest BCUT2D eigenvalue weighted by molar-refractivity contribution is -0.149. The fourth-order valence-electron chi connectivity index (χ4n) is 6.41. The van der Waals surface area contributed by atoms with Crippen LogP contribution in [0.2, 0.25) is 54.4 Å². The summed E-state index contributed by atoms with van der Waals surface area (Å²) in [4.78, 5) is 12.0. The molecule has 0 radical (unpaired) electrons. The highest BCUT2D eigenvalue weighted by atomic mass is 28.4. The van der Waals surface area contributed by atoms with Gasteiger partial charge in [0, 0.05) is 17.8 Å². The Balaban J connectivity index is 2.66. The average molecular weight is 753 g/mol. The van der Waals surface area contributed by atoms with Gasteiger partial charge in [0.2, 0.25) is 0 Å². The van der Waals surface area contributed by atoms with Crippen molar-refractivity contribution >= 4 is 30.9 Å². The lowest BCUT2D eigenvalue weighted by Crippen LogP contribution is -2.46. The van der Waals surface area contributed by atoms with Crippen LogP contribution in [0.1, 0.15) is 115 Å². The fraction of sp³-hybridized carbons (Fsp3) is 0.878. The standard InChI is InChI=1S/C41H77FO5Si3/c1-19-20-29(2)25-32(45-48(13,14)39(3,4)5)22-23-33-35(46-49(15,16)40(6,7)8)28-36(47-50(17,18)41(9,10)11)37(33)34(42)24-21-30-26-31(27-30)38(43)44-12/h22-23,29-37H,19-20,25-28H2,1-18H3/b23-22+/t29-,30?,31?,32+,33-,34-,35+,36-,37-/m0/s1. The van der Waals surface area contributed by atoms with Crippen molar-refractivity contribution in [2.45, 2.75) is 194 Å². The maximum Gasteiger partial charge on any atom is 0.308 e. The molecule has 0 amide bonds. The summed E-state index contributed by atoms with van der Waals surface area (Å²) in [5.41, 5.74) is 0. The Bertz CT molecular complexity index is 1190. The van der Waals surface area contributed by atoms with E-state index in [9.17, 15) is 4.79 Å². The summed E-state index contributed by atoms with van der Waals surface area (Å²) in [5, 5.41) is 0.0617. The molecule has 290 valence electrons. The van der Waals surface area contributed by atoms with E-state index in [1.807, 2.05) is 0 Å². The van der Waals surface area contributed by atoms with Gasteiger partial charge in [0.15, 0.2) is 31.1 Å². The molecular weight excluding hydrogens is 676 g/mol. The van der Waals surface area contributed by atoms with Gasteiger partial charge in [-0.1, -0.05) is 113 Å². The van der Waals surface area contributed by atoms with E-state index in [-0.39, 0.29) is 57.1 Å². The van der Waals surface area contributed by atoms with Crippen LogP contribution >= 0.6 is 0 Å². The first-order chi connectivity index (χ1) is 22.6. The molecular formula is C41H77FO5Si3. The fourth-order valence-corrected chi connectivity index (χ4v) is 10.4. The second-order valence-electron chi connectivity index (χ2n) is 20.2. The normalized spacial score (nSPS) is 27.3. The van der Waals surface area contributed by atoms with Gasteiger partial charge in [0.25, 0.3) is 0 Å². The van der Waals surface area contributed by atoms with Crippen molar-refractivity contribution in [3.63, 3.8) is 0 Å². The van der Waals surface area contributed by atoms with Crippen molar-refractivity contribution in [3.05, 3.63) is 12.2 Å². The van der Waals surface area contributed by atoms with Crippen LogP contribution < -0.4 is 0 Å². The van der Waals surface area contributed by atoms with E-state index in [4.69, 9.17) is 18.0 Å². The third-order valence-corrected chi connectivity index (χ3v) is 26.4. The SMILES string of the molecule is CCC[C@H](C)C[C@@H](/C=C/[C@@H]1[C@@H]([C@@H](F)C#CC2CC(C(=O)OC)C2)[C@@H](O[Si](C)(C)C(C)(C)C)C[C@H]1O[Si](C)(C)C(C)(C)C)O[Si](C)(C)C(C)(C)C. The van der Waals surface area contributed by atoms with Gasteiger partial charge in [-0.3, -0.25) is 4.79 Å². The molecule has 7 atom stereocenters. The number of carbonyl (C=O) groups excluding carboxylic acids is 1. The van der Waals surface area contributed by atoms with Crippen LogP contribution in [-0.2, 0) is 22.8 Å². The molecule has 0 aliphatic heterocycles. The molecule has 2 rings (SSSR count). The average Bonchev–Trinajstić information content (AvgIpc) is 3.23. The predicted molar refractivity (Wildman–Crippen MR) is 217 cm³/mol. The third kappa shape index (κ3) is 11.9. The summed E-state index contributed by atoms with van der Waals surface area (Å²) in [6, 6.07) is 0. The molecule has 0 bridgehead atoms. The Morgan fingerprint density at radius 2 is 1.34 bits per heavy atom. The molecule has 0 heterocycles. The first kappa shape index (κ1) is 45.4. The Morgan fingerprint density at radius 1 is 0.840 bits per heavy atom. The van der Waals surface area contributed by atoms with E-state index in [0.717, 1.165) is 19.3 Å². The van der Waals surface area contributed by atoms with Gasteiger partial charge >= 0.3 is 5.97 Å². The lowest BCUT2D eigenvalue weighted by atomic mass is 9.75. The van der Waals surface area contributed by atoms with Gasteiger partial charge in [-0.15, -0.1) is 0 Å². The Kier molecular flexibility index (Phi) is 15.6. The summed E-state index contributed by atoms with van der Waals surface area (Å²) in [6.07, 6.45) is 7.71. The van der Waals surface area contributed by atoms with Crippen molar-refractivity contribution < 1.29 is 27.2 Å². The maximum atomic E-state index is 17.0. The van der Waals surface area contributed by atoms with Crippen LogP contribution in [0, 0.1) is 41.4 Å². The van der Waals surface area contributed by atoms with Crippen molar-refractivity contribution in [2.75, 3.05) is 7.11 Å². The predicted octanol–water partition coefficient (Wildman–Crippen LogP) is 11.7. The van der Waals surface area contributed by atoms with Crippen LogP contribution in [0.25, 0.3) is 0 Å². The molecule has 2 aliphatic carbocycles. The van der Waals surface area contributed by atoms with E-state index in [2.05, 4.69) is 139 Å². The number of esters is 1. The van der Waals surface area contributed by atoms with Gasteiger partial charge in [0.1, 0.15) is 0 Å². The molecule has 2 aliphatic rings. The zero-order chi connectivity index (χ0) is 38.7. The molecule has 0 aromatic heterocycles. The number of rotatable bonds is 14. The first-order valence-electron chi connectivity index (χ1n) is 19.5. The van der Waals surface area contributed by atoms with Gasteiger partial charge in [-0.05, 0) is 86.0 Å². The summed E-state index contributed by atoms with van der Waals surface area (Å²) in [5.74, 6) is 5.80. The highest BCUT2D eigenvalue weighted by molar-refractivity contribution is 6.75. The molecule has 2 saturated carbocycles. The van der Waals surface area contributed by atoms with Crippen LogP contribution in [0.5, 0.6) is 0 Å². The molecule has 9 heteroatoms. The number of alkyl halides is 1. The molecule has 50 heavy (non-hydrogen) atoms. The zero-order valence-electron chi connectivity index (χ0n) is 35.5. The first-order valence-corrected chi connectivity index (χ1v) is 28.2. The van der Waals surface area contributed by atoms with E-state index in [1.54, 1.807) is 0 Å². The monoisotopic (exact) mass is 753 g/mol. The second kappa shape index (κ2) is 17.1. The summed E-state index contributed by atoms with van der Waals surface area (Å²) in [6.45, 7) is 38.7. The minimum Gasteiger partial charge on any atom is -0.469 e. The van der Waals surface area contributed by atoms with Crippen LogP contribution in [-0.4, -0.2) is 62.5 Å². The van der Waals surface area contributed by atoms with Crippen LogP contribution in [0.3, 0.4) is 0 Å². The minimum absolute atomic E-state index is 0.00796. The second-order valence-corrected chi connectivity index (χ2v) is 34.5. The van der Waals surface area contributed by atoms with E-state index in [0.29, 0.717) is 25.2 Å². The van der Waals surface area contributed by atoms with Crippen molar-refractivity contribution in [3.8, 4) is 11.8 Å². The van der Waals surface area contributed by atoms with Crippen molar-refractivity contribution in [1.29, 1.82) is 0 Å².